The van der Waals surface area contributed by atoms with Crippen LogP contribution in [-0.2, 0) is 0 Å². The molecular weight excluding hydrogens is 206 g/mol. The molecule has 4 N–H and O–H groups in total. The van der Waals surface area contributed by atoms with E-state index in [9.17, 15) is 4.79 Å². The van der Waals surface area contributed by atoms with Gasteiger partial charge in [-0.2, -0.15) is 4.98 Å². The van der Waals surface area contributed by atoms with Gasteiger partial charge in [-0.1, -0.05) is 5.16 Å². The van der Waals surface area contributed by atoms with E-state index >= 15 is 0 Å². The van der Waals surface area contributed by atoms with Gasteiger partial charge in [-0.05, 0) is 10.3 Å². The summed E-state index contributed by atoms with van der Waals surface area (Å²) in [6, 6.07) is -0.671. The fraction of sp³-hybridized carbons (Fsp3) is 0. The van der Waals surface area contributed by atoms with Crippen molar-refractivity contribution in [3.63, 3.8) is 0 Å². The van der Waals surface area contributed by atoms with Crippen LogP contribution < -0.4 is 16.6 Å². The van der Waals surface area contributed by atoms with Crippen LogP contribution in [0.4, 0.5) is 10.6 Å². The average Bonchev–Trinajstić information content (AvgIpc) is 2.86. The molecule has 0 atom stereocenters. The molecule has 2 rings (SSSR count). The van der Waals surface area contributed by atoms with Crippen molar-refractivity contribution in [2.75, 3.05) is 5.32 Å². The summed E-state index contributed by atoms with van der Waals surface area (Å²) < 4.78 is 8.91. The van der Waals surface area contributed by atoms with Gasteiger partial charge in [0.25, 0.3) is 0 Å². The molecule has 0 unspecified atom stereocenters. The van der Waals surface area contributed by atoms with Gasteiger partial charge in [-0.25, -0.2) is 15.3 Å². The number of anilines is 1. The van der Waals surface area contributed by atoms with Crippen LogP contribution in [0, 0.1) is 0 Å². The van der Waals surface area contributed by atoms with Gasteiger partial charge in [0.15, 0.2) is 5.69 Å². The molecule has 2 aromatic heterocycles. The number of hydrogen-bond donors (Lipinski definition) is 3. The summed E-state index contributed by atoms with van der Waals surface area (Å²) in [4.78, 5) is 14.6. The van der Waals surface area contributed by atoms with E-state index in [2.05, 4.69) is 34.9 Å². The summed E-state index contributed by atoms with van der Waals surface area (Å²) in [7, 11) is 0. The predicted molar refractivity (Wildman–Crippen MR) is 43.9 cm³/mol. The molecule has 0 saturated carbocycles. The molecule has 2 amide bonds. The Morgan fingerprint density at radius 3 is 2.93 bits per heavy atom. The highest BCUT2D eigenvalue weighted by atomic mass is 16.6. The number of amides is 2. The van der Waals surface area contributed by atoms with Crippen molar-refractivity contribution in [3.8, 4) is 11.5 Å². The van der Waals surface area contributed by atoms with Gasteiger partial charge < -0.3 is 4.52 Å². The van der Waals surface area contributed by atoms with Gasteiger partial charge in [0, 0.05) is 0 Å². The van der Waals surface area contributed by atoms with E-state index in [1.807, 2.05) is 5.43 Å². The van der Waals surface area contributed by atoms with E-state index in [-0.39, 0.29) is 17.3 Å². The maximum absolute atomic E-state index is 10.9. The van der Waals surface area contributed by atoms with Crippen LogP contribution in [0.5, 0.6) is 0 Å². The lowest BCUT2D eigenvalue weighted by atomic mass is 10.4. The number of urea groups is 1. The van der Waals surface area contributed by atoms with Crippen molar-refractivity contribution in [1.82, 2.24) is 25.9 Å². The number of carbonyl (C=O) groups excluding carboxylic acids is 1. The molecular formula is C5H5N7O3. The summed E-state index contributed by atoms with van der Waals surface area (Å²) in [5, 5.41) is 12.7. The summed E-state index contributed by atoms with van der Waals surface area (Å²) in [6.07, 6.45) is 1.11. The number of rotatable bonds is 2. The Morgan fingerprint density at radius 2 is 2.27 bits per heavy atom. The van der Waals surface area contributed by atoms with Crippen molar-refractivity contribution in [1.29, 1.82) is 0 Å². The Labute approximate surface area is 81.7 Å². The van der Waals surface area contributed by atoms with Crippen molar-refractivity contribution in [2.45, 2.75) is 0 Å². The monoisotopic (exact) mass is 211 g/mol. The molecule has 0 aliphatic rings. The molecule has 2 aromatic rings. The van der Waals surface area contributed by atoms with Crippen molar-refractivity contribution in [2.24, 2.45) is 5.84 Å². The van der Waals surface area contributed by atoms with Crippen LogP contribution in [-0.4, -0.2) is 26.5 Å². The second kappa shape index (κ2) is 3.71. The third kappa shape index (κ3) is 1.73. The fourth-order valence-corrected chi connectivity index (χ4v) is 0.836. The van der Waals surface area contributed by atoms with Crippen LogP contribution in [0.1, 0.15) is 0 Å². The molecule has 2 heterocycles. The SMILES string of the molecule is NNC(=O)Nc1nonc1-c1ncon1. The highest BCUT2D eigenvalue weighted by Gasteiger charge is 2.17. The van der Waals surface area contributed by atoms with E-state index in [0.717, 1.165) is 6.39 Å². The van der Waals surface area contributed by atoms with Gasteiger partial charge in [-0.15, -0.1) is 0 Å². The second-order valence-corrected chi connectivity index (χ2v) is 2.31. The minimum absolute atomic E-state index is 0.0411. The van der Waals surface area contributed by atoms with Crippen LogP contribution in [0.25, 0.3) is 11.5 Å². The molecule has 0 spiro atoms. The van der Waals surface area contributed by atoms with E-state index < -0.39 is 6.03 Å². The zero-order valence-corrected chi connectivity index (χ0v) is 7.17. The Kier molecular flexibility index (Phi) is 2.25. The number of hydrazine groups is 1. The molecule has 0 aromatic carbocycles. The molecule has 0 fully saturated rings. The number of hydrogen-bond acceptors (Lipinski definition) is 8. The molecule has 10 heteroatoms. The lowest BCUT2D eigenvalue weighted by Gasteiger charge is -1.98. The lowest BCUT2D eigenvalue weighted by molar-refractivity contribution is 0.252. The topological polar surface area (TPSA) is 145 Å². The summed E-state index contributed by atoms with van der Waals surface area (Å²) >= 11 is 0. The zero-order valence-electron chi connectivity index (χ0n) is 7.17. The maximum Gasteiger partial charge on any atom is 0.334 e. The Balaban J connectivity index is 2.27. The number of nitrogens with two attached hydrogens (primary N) is 1. The first-order valence-electron chi connectivity index (χ1n) is 3.68. The Morgan fingerprint density at radius 1 is 1.40 bits per heavy atom. The zero-order chi connectivity index (χ0) is 10.7. The van der Waals surface area contributed by atoms with Gasteiger partial charge >= 0.3 is 6.03 Å². The van der Waals surface area contributed by atoms with Crippen LogP contribution in [0.2, 0.25) is 0 Å². The van der Waals surface area contributed by atoms with E-state index in [1.54, 1.807) is 0 Å². The van der Waals surface area contributed by atoms with Crippen LogP contribution in [0.3, 0.4) is 0 Å². The highest BCUT2D eigenvalue weighted by Crippen LogP contribution is 2.19. The summed E-state index contributed by atoms with van der Waals surface area (Å²) in [5.74, 6) is 5.05. The van der Waals surface area contributed by atoms with E-state index in [4.69, 9.17) is 5.84 Å². The minimum atomic E-state index is -0.671. The first-order valence-corrected chi connectivity index (χ1v) is 3.68. The molecule has 15 heavy (non-hydrogen) atoms. The molecule has 0 bridgehead atoms. The van der Waals surface area contributed by atoms with Gasteiger partial charge in [0.05, 0.1) is 0 Å². The minimum Gasteiger partial charge on any atom is -0.342 e. The van der Waals surface area contributed by atoms with Crippen LogP contribution in [0.15, 0.2) is 15.5 Å². The van der Waals surface area contributed by atoms with Gasteiger partial charge in [0.1, 0.15) is 0 Å². The third-order valence-electron chi connectivity index (χ3n) is 1.42. The number of nitrogens with zero attached hydrogens (tertiary/aromatic N) is 4. The highest BCUT2D eigenvalue weighted by molar-refractivity contribution is 5.90. The molecule has 78 valence electrons. The largest absolute Gasteiger partial charge is 0.342 e. The smallest absolute Gasteiger partial charge is 0.334 e. The maximum atomic E-state index is 10.9. The molecule has 0 saturated heterocycles. The van der Waals surface area contributed by atoms with Crippen LogP contribution >= 0.6 is 0 Å². The molecule has 0 aliphatic carbocycles. The van der Waals surface area contributed by atoms with E-state index in [1.165, 1.54) is 0 Å². The summed E-state index contributed by atoms with van der Waals surface area (Å²) in [5.41, 5.74) is 2.00. The quantitative estimate of drug-likeness (QED) is 0.329. The fourth-order valence-electron chi connectivity index (χ4n) is 0.836. The van der Waals surface area contributed by atoms with Gasteiger partial charge in [-0.3, -0.25) is 10.7 Å². The van der Waals surface area contributed by atoms with E-state index in [0.29, 0.717) is 0 Å². The van der Waals surface area contributed by atoms with Crippen molar-refractivity contribution in [3.05, 3.63) is 6.39 Å². The van der Waals surface area contributed by atoms with Crippen molar-refractivity contribution < 1.29 is 13.9 Å². The molecule has 0 aliphatic heterocycles. The number of aromatic nitrogens is 4. The predicted octanol–water partition coefficient (Wildman–Crippen LogP) is -0.885. The number of nitrogens with one attached hydrogen (secondary N) is 2. The summed E-state index contributed by atoms with van der Waals surface area (Å²) in [6.45, 7) is 0. The standard InChI is InChI=1S/C5H5N7O3/c6-9-5(13)8-4-2(10-15-12-4)3-7-1-14-11-3/h1H,6H2,(H2,8,9,12,13). The first-order chi connectivity index (χ1) is 7.31. The second-order valence-electron chi connectivity index (χ2n) is 2.31. The molecule has 10 nitrogen and oxygen atoms in total. The third-order valence-corrected chi connectivity index (χ3v) is 1.42. The normalized spacial score (nSPS) is 9.93. The molecule has 0 radical (unpaired) electrons. The Hall–Kier alpha value is -2.49. The first kappa shape index (κ1) is 9.08. The Bertz CT molecular complexity index is 449. The van der Waals surface area contributed by atoms with Crippen molar-refractivity contribution >= 4 is 11.8 Å². The lowest BCUT2D eigenvalue weighted by Crippen LogP contribution is -2.34. The van der Waals surface area contributed by atoms with Gasteiger partial charge in [0.2, 0.25) is 18.0 Å². The number of carbonyl (C=O) groups is 1. The average molecular weight is 211 g/mol.